The van der Waals surface area contributed by atoms with Gasteiger partial charge in [0.1, 0.15) is 0 Å². The second kappa shape index (κ2) is 5.82. The molecule has 3 fully saturated rings. The van der Waals surface area contributed by atoms with E-state index in [1.165, 1.54) is 51.6 Å². The minimum absolute atomic E-state index is 0.111. The highest BCUT2D eigenvalue weighted by Crippen LogP contribution is 2.37. The van der Waals surface area contributed by atoms with Gasteiger partial charge in [-0.25, -0.2) is 0 Å². The number of hydrogen-bond acceptors (Lipinski definition) is 2. The minimum Gasteiger partial charge on any atom is -0.481 e. The Balaban J connectivity index is 1.69. The molecule has 0 aromatic heterocycles. The molecule has 0 aliphatic heterocycles. The maximum absolute atomic E-state index is 11.6. The maximum Gasteiger partial charge on any atom is 0.308 e. The van der Waals surface area contributed by atoms with Crippen molar-refractivity contribution >= 4 is 5.97 Å². The highest BCUT2D eigenvalue weighted by atomic mass is 16.4. The van der Waals surface area contributed by atoms with Crippen LogP contribution in [0.25, 0.3) is 0 Å². The number of carboxylic acids is 1. The Morgan fingerprint density at radius 1 is 0.895 bits per heavy atom. The van der Waals surface area contributed by atoms with E-state index < -0.39 is 5.97 Å². The van der Waals surface area contributed by atoms with Gasteiger partial charge in [0.15, 0.2) is 0 Å². The zero-order valence-corrected chi connectivity index (χ0v) is 11.9. The van der Waals surface area contributed by atoms with Gasteiger partial charge in [-0.3, -0.25) is 9.69 Å². The van der Waals surface area contributed by atoms with Crippen LogP contribution in [0.1, 0.15) is 57.8 Å². The topological polar surface area (TPSA) is 40.5 Å². The van der Waals surface area contributed by atoms with E-state index >= 15 is 0 Å². The molecule has 0 saturated heterocycles. The largest absolute Gasteiger partial charge is 0.481 e. The normalized spacial score (nSPS) is 32.3. The molecule has 19 heavy (non-hydrogen) atoms. The van der Waals surface area contributed by atoms with Crippen molar-refractivity contribution < 1.29 is 9.90 Å². The summed E-state index contributed by atoms with van der Waals surface area (Å²) in [7, 11) is 0. The molecule has 108 valence electrons. The van der Waals surface area contributed by atoms with Crippen LogP contribution in [0.5, 0.6) is 0 Å². The highest BCUT2D eigenvalue weighted by molar-refractivity contribution is 5.70. The molecule has 2 unspecified atom stereocenters. The number of carboxylic acid groups (broad SMARTS) is 1. The second-order valence-corrected chi connectivity index (χ2v) is 6.99. The van der Waals surface area contributed by atoms with Crippen LogP contribution in [0, 0.1) is 17.8 Å². The SMILES string of the molecule is O=C(O)C1CCCCCC1N(CC1CC1)CC1CC1. The minimum atomic E-state index is -0.552. The summed E-state index contributed by atoms with van der Waals surface area (Å²) in [6.07, 6.45) is 11.0. The Bertz CT molecular complexity index is 309. The van der Waals surface area contributed by atoms with Gasteiger partial charge >= 0.3 is 5.97 Å². The van der Waals surface area contributed by atoms with Crippen molar-refractivity contribution in [2.24, 2.45) is 17.8 Å². The predicted octanol–water partition coefficient (Wildman–Crippen LogP) is 3.14. The van der Waals surface area contributed by atoms with E-state index in [9.17, 15) is 9.90 Å². The Labute approximate surface area is 116 Å². The highest BCUT2D eigenvalue weighted by Gasteiger charge is 2.38. The van der Waals surface area contributed by atoms with E-state index in [0.717, 1.165) is 31.1 Å². The van der Waals surface area contributed by atoms with Gasteiger partial charge in [-0.1, -0.05) is 19.3 Å². The Kier molecular flexibility index (Phi) is 4.11. The fourth-order valence-electron chi connectivity index (χ4n) is 3.62. The Morgan fingerprint density at radius 2 is 1.47 bits per heavy atom. The molecule has 0 radical (unpaired) electrons. The molecular weight excluding hydrogens is 238 g/mol. The van der Waals surface area contributed by atoms with E-state index in [2.05, 4.69) is 4.90 Å². The average molecular weight is 265 g/mol. The first-order valence-electron chi connectivity index (χ1n) is 8.21. The van der Waals surface area contributed by atoms with Crippen molar-refractivity contribution in [2.75, 3.05) is 13.1 Å². The van der Waals surface area contributed by atoms with Gasteiger partial charge in [0.05, 0.1) is 5.92 Å². The molecule has 3 rings (SSSR count). The molecule has 0 aromatic carbocycles. The third kappa shape index (κ3) is 3.71. The molecule has 3 heteroatoms. The number of rotatable bonds is 6. The summed E-state index contributed by atoms with van der Waals surface area (Å²) >= 11 is 0. The van der Waals surface area contributed by atoms with E-state index in [-0.39, 0.29) is 5.92 Å². The lowest BCUT2D eigenvalue weighted by atomic mass is 9.93. The van der Waals surface area contributed by atoms with Crippen molar-refractivity contribution in [1.29, 1.82) is 0 Å². The third-order valence-electron chi connectivity index (χ3n) is 5.14. The van der Waals surface area contributed by atoms with Crippen LogP contribution in [-0.4, -0.2) is 35.1 Å². The molecule has 3 aliphatic rings. The summed E-state index contributed by atoms with van der Waals surface area (Å²) in [4.78, 5) is 14.2. The second-order valence-electron chi connectivity index (χ2n) is 6.99. The lowest BCUT2D eigenvalue weighted by molar-refractivity contribution is -0.144. The van der Waals surface area contributed by atoms with Crippen LogP contribution in [-0.2, 0) is 4.79 Å². The summed E-state index contributed by atoms with van der Waals surface area (Å²) < 4.78 is 0. The first-order chi connectivity index (χ1) is 9.24. The van der Waals surface area contributed by atoms with E-state index in [1.54, 1.807) is 0 Å². The van der Waals surface area contributed by atoms with E-state index in [4.69, 9.17) is 0 Å². The molecule has 0 amide bonds. The van der Waals surface area contributed by atoms with Gasteiger partial charge in [0.2, 0.25) is 0 Å². The average Bonchev–Trinajstić information content (AvgIpc) is 3.24. The molecule has 0 heterocycles. The summed E-state index contributed by atoms with van der Waals surface area (Å²) in [5.41, 5.74) is 0. The molecule has 0 spiro atoms. The summed E-state index contributed by atoms with van der Waals surface area (Å²) in [5.74, 6) is 1.08. The van der Waals surface area contributed by atoms with Crippen molar-refractivity contribution in [1.82, 2.24) is 4.90 Å². The quantitative estimate of drug-likeness (QED) is 0.750. The molecule has 3 aliphatic carbocycles. The zero-order chi connectivity index (χ0) is 13.2. The number of carbonyl (C=O) groups is 1. The fourth-order valence-corrected chi connectivity index (χ4v) is 3.62. The van der Waals surface area contributed by atoms with Crippen molar-refractivity contribution in [3.63, 3.8) is 0 Å². The van der Waals surface area contributed by atoms with E-state index in [1.807, 2.05) is 0 Å². The van der Waals surface area contributed by atoms with Gasteiger partial charge in [0.25, 0.3) is 0 Å². The number of hydrogen-bond donors (Lipinski definition) is 1. The number of nitrogens with zero attached hydrogens (tertiary/aromatic N) is 1. The van der Waals surface area contributed by atoms with Crippen LogP contribution in [0.15, 0.2) is 0 Å². The summed E-state index contributed by atoms with van der Waals surface area (Å²) in [5, 5.41) is 9.56. The summed E-state index contributed by atoms with van der Waals surface area (Å²) in [6, 6.07) is 0.321. The van der Waals surface area contributed by atoms with Crippen LogP contribution >= 0.6 is 0 Å². The van der Waals surface area contributed by atoms with Crippen LogP contribution in [0.4, 0.5) is 0 Å². The molecule has 3 saturated carbocycles. The lowest BCUT2D eigenvalue weighted by Crippen LogP contribution is -2.45. The lowest BCUT2D eigenvalue weighted by Gasteiger charge is -2.35. The predicted molar refractivity (Wildman–Crippen MR) is 75.0 cm³/mol. The molecule has 0 bridgehead atoms. The smallest absolute Gasteiger partial charge is 0.308 e. The third-order valence-corrected chi connectivity index (χ3v) is 5.14. The van der Waals surface area contributed by atoms with E-state index in [0.29, 0.717) is 6.04 Å². The number of aliphatic carboxylic acids is 1. The first kappa shape index (κ1) is 13.4. The van der Waals surface area contributed by atoms with Gasteiger partial charge in [0, 0.05) is 19.1 Å². The van der Waals surface area contributed by atoms with Crippen molar-refractivity contribution in [2.45, 2.75) is 63.8 Å². The molecule has 2 atom stereocenters. The van der Waals surface area contributed by atoms with Gasteiger partial charge in [-0.2, -0.15) is 0 Å². The van der Waals surface area contributed by atoms with Gasteiger partial charge in [-0.15, -0.1) is 0 Å². The molecule has 1 N–H and O–H groups in total. The summed E-state index contributed by atoms with van der Waals surface area (Å²) in [6.45, 7) is 2.34. The van der Waals surface area contributed by atoms with Crippen LogP contribution < -0.4 is 0 Å². The van der Waals surface area contributed by atoms with Crippen molar-refractivity contribution in [3.05, 3.63) is 0 Å². The Morgan fingerprint density at radius 3 is 2.00 bits per heavy atom. The standard InChI is InChI=1S/C16H27NO2/c18-16(19)14-4-2-1-3-5-15(14)17(10-12-6-7-12)11-13-8-9-13/h12-15H,1-11H2,(H,18,19). The molecule has 0 aromatic rings. The van der Waals surface area contributed by atoms with Crippen molar-refractivity contribution in [3.8, 4) is 0 Å². The first-order valence-corrected chi connectivity index (χ1v) is 8.21. The fraction of sp³-hybridized carbons (Fsp3) is 0.938. The van der Waals surface area contributed by atoms with Crippen LogP contribution in [0.2, 0.25) is 0 Å². The Hall–Kier alpha value is -0.570. The van der Waals surface area contributed by atoms with Gasteiger partial charge in [-0.05, 0) is 50.4 Å². The molecular formula is C16H27NO2. The maximum atomic E-state index is 11.6. The van der Waals surface area contributed by atoms with Gasteiger partial charge < -0.3 is 5.11 Å². The molecule has 3 nitrogen and oxygen atoms in total. The monoisotopic (exact) mass is 265 g/mol. The van der Waals surface area contributed by atoms with Crippen LogP contribution in [0.3, 0.4) is 0 Å². The zero-order valence-electron chi connectivity index (χ0n) is 11.9.